The number of alkyl halides is 5. The third kappa shape index (κ3) is 12.2. The highest BCUT2D eigenvalue weighted by molar-refractivity contribution is 5.53. The maximum absolute atomic E-state index is 14.9. The van der Waals surface area contributed by atoms with Crippen molar-refractivity contribution in [2.45, 2.75) is 66.2 Å². The number of allylic oxidation sites excluding steroid dienone is 13. The molecule has 234 valence electrons. The largest absolute Gasteiger partial charge is 0.499 e. The lowest BCUT2D eigenvalue weighted by Gasteiger charge is -2.20. The monoisotopic (exact) mass is 604 g/mol. The van der Waals surface area contributed by atoms with Gasteiger partial charge in [-0.2, -0.15) is 26.3 Å². The third-order valence-corrected chi connectivity index (χ3v) is 6.60. The van der Waals surface area contributed by atoms with Crippen LogP contribution in [0.3, 0.4) is 0 Å². The Balaban J connectivity index is 5.37. The Morgan fingerprint density at radius 1 is 0.714 bits per heavy atom. The van der Waals surface area contributed by atoms with Crippen molar-refractivity contribution < 1.29 is 39.9 Å². The first-order chi connectivity index (χ1) is 19.0. The summed E-state index contributed by atoms with van der Waals surface area (Å²) in [5.41, 5.74) is -0.0296. The summed E-state index contributed by atoms with van der Waals surface area (Å²) in [6.45, 7) is 30.9. The molecule has 0 aromatic heterocycles. The van der Waals surface area contributed by atoms with Crippen LogP contribution in [0.1, 0.15) is 53.9 Å². The van der Waals surface area contributed by atoms with E-state index in [0.717, 1.165) is 31.4 Å². The van der Waals surface area contributed by atoms with Crippen LogP contribution >= 0.6 is 0 Å². The molecule has 0 aliphatic heterocycles. The molecule has 2 unspecified atom stereocenters. The Hall–Kier alpha value is -3.36. The van der Waals surface area contributed by atoms with Gasteiger partial charge in [0.15, 0.2) is 11.6 Å². The highest BCUT2D eigenvalue weighted by Crippen LogP contribution is 2.40. The average Bonchev–Trinajstić information content (AvgIpc) is 2.89. The van der Waals surface area contributed by atoms with Crippen LogP contribution in [0.15, 0.2) is 120 Å². The van der Waals surface area contributed by atoms with Gasteiger partial charge in [0.2, 0.25) is 5.83 Å². The molecule has 0 saturated carbocycles. The minimum Gasteiger partial charge on any atom is -0.423 e. The van der Waals surface area contributed by atoms with Gasteiger partial charge in [-0.3, -0.25) is 0 Å². The SMILES string of the molecule is C=C(/C=C\C(=C)C(=C)/C(F)=C(/F)C(=C)OC(F)(F)C(F)(F)F)C(=C)/C=C(/F)C(=C)/C(C)=C/CC(C)C(C)CCC(C)C. The fourth-order valence-electron chi connectivity index (χ4n) is 3.18. The molecular weight excluding hydrogens is 564 g/mol. The summed E-state index contributed by atoms with van der Waals surface area (Å²) in [7, 11) is 0. The summed E-state index contributed by atoms with van der Waals surface area (Å²) in [6.07, 6.45) is -3.63. The van der Waals surface area contributed by atoms with E-state index in [9.17, 15) is 35.1 Å². The molecule has 0 saturated heterocycles. The second-order valence-corrected chi connectivity index (χ2v) is 10.6. The molecule has 0 aliphatic rings. The molecule has 0 aliphatic carbocycles. The van der Waals surface area contributed by atoms with Crippen LogP contribution in [0.5, 0.6) is 0 Å². The predicted molar refractivity (Wildman–Crippen MR) is 155 cm³/mol. The van der Waals surface area contributed by atoms with Crippen molar-refractivity contribution in [1.82, 2.24) is 0 Å². The van der Waals surface area contributed by atoms with Crippen molar-refractivity contribution >= 4 is 0 Å². The number of ether oxygens (including phenoxy) is 1. The molecule has 42 heavy (non-hydrogen) atoms. The molecule has 0 N–H and O–H groups in total. The van der Waals surface area contributed by atoms with E-state index in [0.29, 0.717) is 23.3 Å². The molecule has 0 aromatic rings. The first-order valence-electron chi connectivity index (χ1n) is 13.1. The van der Waals surface area contributed by atoms with Crippen LogP contribution in [0.4, 0.5) is 35.1 Å². The van der Waals surface area contributed by atoms with Gasteiger partial charge in [-0.15, -0.1) is 0 Å². The van der Waals surface area contributed by atoms with Crippen molar-refractivity contribution in [3.8, 4) is 0 Å². The van der Waals surface area contributed by atoms with Gasteiger partial charge in [0, 0.05) is 11.1 Å². The summed E-state index contributed by atoms with van der Waals surface area (Å²) < 4.78 is 109. The predicted octanol–water partition coefficient (Wildman–Crippen LogP) is 12.1. The second-order valence-electron chi connectivity index (χ2n) is 10.6. The standard InChI is InChI=1S/C33H40F8O/c1-19(2)12-13-20(3)21(4)14-16-23(6)26(9)29(34)18-25(8)22(5)15-17-24(7)27(10)30(35)31(36)28(11)42-33(40,41)32(37,38)39/h15-21H,5,7-14H2,1-4,6H3/b17-15-,23-16+,29-18+,31-30-. The lowest BCUT2D eigenvalue weighted by Crippen LogP contribution is -2.38. The number of rotatable bonds is 17. The summed E-state index contributed by atoms with van der Waals surface area (Å²) >= 11 is 0. The fourth-order valence-corrected chi connectivity index (χ4v) is 3.18. The molecule has 0 amide bonds. The van der Waals surface area contributed by atoms with Gasteiger partial charge in [0.1, 0.15) is 5.83 Å². The molecule has 0 bridgehead atoms. The normalized spacial score (nSPS) is 15.3. The zero-order chi connectivity index (χ0) is 33.2. The van der Waals surface area contributed by atoms with E-state index in [-0.39, 0.29) is 22.3 Å². The average molecular weight is 605 g/mol. The summed E-state index contributed by atoms with van der Waals surface area (Å²) in [4.78, 5) is 0. The van der Waals surface area contributed by atoms with Gasteiger partial charge in [-0.25, -0.2) is 8.78 Å². The van der Waals surface area contributed by atoms with E-state index in [2.05, 4.69) is 71.9 Å². The van der Waals surface area contributed by atoms with E-state index in [1.54, 1.807) is 6.92 Å². The van der Waals surface area contributed by atoms with Gasteiger partial charge in [-0.05, 0) is 59.5 Å². The topological polar surface area (TPSA) is 9.23 Å². The van der Waals surface area contributed by atoms with E-state index in [4.69, 9.17) is 0 Å². The Kier molecular flexibility index (Phi) is 15.0. The smallest absolute Gasteiger partial charge is 0.423 e. The van der Waals surface area contributed by atoms with Gasteiger partial charge < -0.3 is 4.74 Å². The maximum atomic E-state index is 14.9. The molecule has 0 heterocycles. The van der Waals surface area contributed by atoms with Crippen LogP contribution in [-0.4, -0.2) is 12.3 Å². The highest BCUT2D eigenvalue weighted by atomic mass is 19.4. The van der Waals surface area contributed by atoms with Crippen LogP contribution in [0, 0.1) is 17.8 Å². The minimum absolute atomic E-state index is 0.116. The summed E-state index contributed by atoms with van der Waals surface area (Å²) in [6, 6.07) is 0. The minimum atomic E-state index is -6.18. The quantitative estimate of drug-likeness (QED) is 0.0912. The fraction of sp³-hybridized carbons (Fsp3) is 0.394. The highest BCUT2D eigenvalue weighted by Gasteiger charge is 2.61. The van der Waals surface area contributed by atoms with E-state index < -0.39 is 41.1 Å². The van der Waals surface area contributed by atoms with Gasteiger partial charge in [0.05, 0.1) is 0 Å². The third-order valence-electron chi connectivity index (χ3n) is 6.60. The van der Waals surface area contributed by atoms with Crippen molar-refractivity contribution in [2.24, 2.45) is 17.8 Å². The molecular formula is C33H40F8O. The van der Waals surface area contributed by atoms with E-state index in [1.807, 2.05) is 6.08 Å². The van der Waals surface area contributed by atoms with Gasteiger partial charge in [-0.1, -0.05) is 98.2 Å². The zero-order valence-electron chi connectivity index (χ0n) is 24.8. The van der Waals surface area contributed by atoms with Crippen LogP contribution in [-0.2, 0) is 4.74 Å². The molecule has 9 heteroatoms. The Morgan fingerprint density at radius 2 is 1.24 bits per heavy atom. The molecule has 0 aromatic carbocycles. The van der Waals surface area contributed by atoms with Crippen molar-refractivity contribution in [3.63, 3.8) is 0 Å². The van der Waals surface area contributed by atoms with Crippen LogP contribution in [0.2, 0.25) is 0 Å². The van der Waals surface area contributed by atoms with Crippen molar-refractivity contribution in [1.29, 1.82) is 0 Å². The van der Waals surface area contributed by atoms with Crippen molar-refractivity contribution in [2.75, 3.05) is 0 Å². The van der Waals surface area contributed by atoms with Crippen LogP contribution < -0.4 is 0 Å². The van der Waals surface area contributed by atoms with Crippen LogP contribution in [0.25, 0.3) is 0 Å². The number of hydrogen-bond acceptors (Lipinski definition) is 1. The lowest BCUT2D eigenvalue weighted by atomic mass is 9.86. The maximum Gasteiger partial charge on any atom is 0.499 e. The Morgan fingerprint density at radius 3 is 1.74 bits per heavy atom. The molecule has 0 radical (unpaired) electrons. The van der Waals surface area contributed by atoms with Gasteiger partial charge in [0.25, 0.3) is 0 Å². The Labute approximate surface area is 244 Å². The Bertz CT molecular complexity index is 1190. The van der Waals surface area contributed by atoms with E-state index in [1.165, 1.54) is 6.08 Å². The molecule has 1 nitrogen and oxygen atoms in total. The van der Waals surface area contributed by atoms with Gasteiger partial charge >= 0.3 is 12.3 Å². The first kappa shape index (κ1) is 38.6. The number of hydrogen-bond donors (Lipinski definition) is 0. The zero-order valence-corrected chi connectivity index (χ0v) is 24.8. The summed E-state index contributed by atoms with van der Waals surface area (Å²) in [5, 5.41) is 0. The van der Waals surface area contributed by atoms with E-state index >= 15 is 0 Å². The number of halogens is 8. The van der Waals surface area contributed by atoms with Crippen molar-refractivity contribution in [3.05, 3.63) is 120 Å². The summed E-state index contributed by atoms with van der Waals surface area (Å²) in [5.74, 6) is -5.16. The lowest BCUT2D eigenvalue weighted by molar-refractivity contribution is -0.378. The first-order valence-corrected chi connectivity index (χ1v) is 13.1. The second kappa shape index (κ2) is 16.3. The molecule has 0 fully saturated rings. The molecule has 0 rings (SSSR count). The molecule has 0 spiro atoms. The molecule has 2 atom stereocenters.